The zero-order valence-corrected chi connectivity index (χ0v) is 11.2. The van der Waals surface area contributed by atoms with Gasteiger partial charge in [0.1, 0.15) is 5.75 Å². The van der Waals surface area contributed by atoms with Crippen molar-refractivity contribution in [1.82, 2.24) is 4.98 Å². The molecule has 100 valence electrons. The third-order valence-corrected chi connectivity index (χ3v) is 2.96. The summed E-state index contributed by atoms with van der Waals surface area (Å²) in [6.07, 6.45) is -4.86. The van der Waals surface area contributed by atoms with Gasteiger partial charge in [-0.05, 0) is 22.6 Å². The predicted octanol–water partition coefficient (Wildman–Crippen LogP) is 1.83. The van der Waals surface area contributed by atoms with Gasteiger partial charge in [0.15, 0.2) is 5.69 Å². The number of esters is 1. The van der Waals surface area contributed by atoms with Crippen molar-refractivity contribution in [3.63, 3.8) is 0 Å². The van der Waals surface area contributed by atoms with Gasteiger partial charge in [0.05, 0.1) is 16.4 Å². The smallest absolute Gasteiger partial charge is 0.464 e. The van der Waals surface area contributed by atoms with Gasteiger partial charge in [-0.25, -0.2) is 9.78 Å². The molecule has 0 aliphatic rings. The summed E-state index contributed by atoms with van der Waals surface area (Å²) in [4.78, 5) is 15.0. The summed E-state index contributed by atoms with van der Waals surface area (Å²) in [6.45, 7) is -0.128. The Bertz CT molecular complexity index is 465. The molecule has 18 heavy (non-hydrogen) atoms. The molecule has 0 unspecified atom stereocenters. The molecule has 0 aliphatic heterocycles. The molecule has 0 aliphatic carbocycles. The molecule has 0 spiro atoms. The van der Waals surface area contributed by atoms with Crippen LogP contribution in [0.3, 0.4) is 0 Å². The maximum Gasteiger partial charge on any atom is 0.573 e. The molecular weight excluding hydrogens is 368 g/mol. The fourth-order valence-corrected chi connectivity index (χ4v) is 1.71. The minimum absolute atomic E-state index is 0.0973. The summed E-state index contributed by atoms with van der Waals surface area (Å²) < 4.78 is 44.8. The summed E-state index contributed by atoms with van der Waals surface area (Å²) in [7, 11) is 1.09. The molecule has 0 radical (unpaired) electrons. The monoisotopic (exact) mass is 376 g/mol. The lowest BCUT2D eigenvalue weighted by atomic mass is 10.2. The fourth-order valence-electron chi connectivity index (χ4n) is 1.10. The standard InChI is InChI=1S/C9H8F3IN2O3/c1-17-8(16)4-2-6(18-9(10,11)12)7(13)5(3-14)15-4/h2H,3,14H2,1H3. The van der Waals surface area contributed by atoms with Crippen molar-refractivity contribution in [2.45, 2.75) is 12.9 Å². The lowest BCUT2D eigenvalue weighted by molar-refractivity contribution is -0.275. The maximum atomic E-state index is 12.2. The third-order valence-electron chi connectivity index (χ3n) is 1.81. The van der Waals surface area contributed by atoms with Crippen LogP contribution in [0, 0.1) is 3.57 Å². The van der Waals surface area contributed by atoms with Gasteiger partial charge in [0.25, 0.3) is 0 Å². The molecule has 0 saturated heterocycles. The van der Waals surface area contributed by atoms with Crippen LogP contribution < -0.4 is 10.5 Å². The van der Waals surface area contributed by atoms with Gasteiger partial charge in [-0.2, -0.15) is 0 Å². The number of carbonyl (C=O) groups is 1. The normalized spacial score (nSPS) is 11.2. The average Bonchev–Trinajstić information content (AvgIpc) is 2.29. The molecule has 0 bridgehead atoms. The van der Waals surface area contributed by atoms with Gasteiger partial charge in [-0.15, -0.1) is 13.2 Å². The molecule has 0 aromatic carbocycles. The molecule has 0 saturated carbocycles. The summed E-state index contributed by atoms with van der Waals surface area (Å²) in [5, 5.41) is 0. The number of ether oxygens (including phenoxy) is 2. The lowest BCUT2D eigenvalue weighted by Crippen LogP contribution is -2.20. The molecule has 5 nitrogen and oxygen atoms in total. The minimum Gasteiger partial charge on any atom is -0.464 e. The Balaban J connectivity index is 3.27. The Morgan fingerprint density at radius 3 is 2.61 bits per heavy atom. The van der Waals surface area contributed by atoms with E-state index in [1.807, 2.05) is 0 Å². The van der Waals surface area contributed by atoms with Crippen molar-refractivity contribution >= 4 is 28.6 Å². The van der Waals surface area contributed by atoms with Crippen LogP contribution in [-0.2, 0) is 11.3 Å². The molecular formula is C9H8F3IN2O3. The first-order valence-electron chi connectivity index (χ1n) is 4.52. The van der Waals surface area contributed by atoms with Gasteiger partial charge < -0.3 is 15.2 Å². The number of pyridine rings is 1. The van der Waals surface area contributed by atoms with Gasteiger partial charge in [-0.3, -0.25) is 0 Å². The number of carbonyl (C=O) groups excluding carboxylic acids is 1. The molecule has 1 heterocycles. The Hall–Kier alpha value is -1.10. The van der Waals surface area contributed by atoms with Crippen molar-refractivity contribution in [3.8, 4) is 5.75 Å². The van der Waals surface area contributed by atoms with E-state index in [4.69, 9.17) is 5.73 Å². The Kier molecular flexibility index (Phi) is 4.73. The van der Waals surface area contributed by atoms with Gasteiger partial charge in [0, 0.05) is 12.6 Å². The number of nitrogens with two attached hydrogens (primary N) is 1. The molecule has 0 atom stereocenters. The summed E-state index contributed by atoms with van der Waals surface area (Å²) in [5.41, 5.74) is 5.17. The number of alkyl halides is 3. The quantitative estimate of drug-likeness (QED) is 0.644. The van der Waals surface area contributed by atoms with Crippen LogP contribution in [0.1, 0.15) is 16.2 Å². The Labute approximate surface area is 114 Å². The van der Waals surface area contributed by atoms with Crippen molar-refractivity contribution < 1.29 is 27.4 Å². The van der Waals surface area contributed by atoms with Crippen LogP contribution in [-0.4, -0.2) is 24.4 Å². The number of aromatic nitrogens is 1. The number of halogens is 4. The average molecular weight is 376 g/mol. The first kappa shape index (κ1) is 15.0. The molecule has 0 fully saturated rings. The summed E-state index contributed by atoms with van der Waals surface area (Å²) in [5.74, 6) is -1.40. The van der Waals surface area contributed by atoms with Crippen LogP contribution in [0.5, 0.6) is 5.75 Å². The third kappa shape index (κ3) is 3.70. The van der Waals surface area contributed by atoms with E-state index in [0.29, 0.717) is 0 Å². The van der Waals surface area contributed by atoms with E-state index in [1.165, 1.54) is 0 Å². The van der Waals surface area contributed by atoms with Crippen LogP contribution in [0.25, 0.3) is 0 Å². The summed E-state index contributed by atoms with van der Waals surface area (Å²) in [6, 6.07) is 0.861. The summed E-state index contributed by atoms with van der Waals surface area (Å²) >= 11 is 1.61. The largest absolute Gasteiger partial charge is 0.573 e. The minimum atomic E-state index is -4.86. The highest BCUT2D eigenvalue weighted by Gasteiger charge is 2.33. The van der Waals surface area contributed by atoms with Crippen molar-refractivity contribution in [1.29, 1.82) is 0 Å². The van der Waals surface area contributed by atoms with Gasteiger partial charge in [-0.1, -0.05) is 0 Å². The molecule has 0 amide bonds. The van der Waals surface area contributed by atoms with E-state index in [2.05, 4.69) is 14.5 Å². The topological polar surface area (TPSA) is 74.4 Å². The van der Waals surface area contributed by atoms with E-state index in [-0.39, 0.29) is 21.5 Å². The highest BCUT2D eigenvalue weighted by Crippen LogP contribution is 2.30. The van der Waals surface area contributed by atoms with Crippen molar-refractivity contribution in [2.24, 2.45) is 5.73 Å². The molecule has 2 N–H and O–H groups in total. The number of nitrogens with zero attached hydrogens (tertiary/aromatic N) is 1. The first-order valence-corrected chi connectivity index (χ1v) is 5.60. The zero-order chi connectivity index (χ0) is 13.9. The second-order valence-electron chi connectivity index (χ2n) is 3.01. The highest BCUT2D eigenvalue weighted by molar-refractivity contribution is 14.1. The van der Waals surface area contributed by atoms with Crippen molar-refractivity contribution in [3.05, 3.63) is 21.0 Å². The Morgan fingerprint density at radius 2 is 2.17 bits per heavy atom. The van der Waals surface area contributed by atoms with E-state index >= 15 is 0 Å². The SMILES string of the molecule is COC(=O)c1cc(OC(F)(F)F)c(I)c(CN)n1. The maximum absolute atomic E-state index is 12.2. The number of hydrogen-bond acceptors (Lipinski definition) is 5. The van der Waals surface area contributed by atoms with Gasteiger partial charge in [0.2, 0.25) is 0 Å². The molecule has 1 rings (SSSR count). The molecule has 9 heteroatoms. The fraction of sp³-hybridized carbons (Fsp3) is 0.333. The molecule has 1 aromatic heterocycles. The van der Waals surface area contributed by atoms with Crippen molar-refractivity contribution in [2.75, 3.05) is 7.11 Å². The van der Waals surface area contributed by atoms with Crippen LogP contribution in [0.2, 0.25) is 0 Å². The zero-order valence-electron chi connectivity index (χ0n) is 9.05. The molecule has 1 aromatic rings. The van der Waals surface area contributed by atoms with Crippen LogP contribution in [0.4, 0.5) is 13.2 Å². The second kappa shape index (κ2) is 5.69. The highest BCUT2D eigenvalue weighted by atomic mass is 127. The van der Waals surface area contributed by atoms with Crippen LogP contribution in [0.15, 0.2) is 6.07 Å². The van der Waals surface area contributed by atoms with E-state index in [1.54, 1.807) is 22.6 Å². The van der Waals surface area contributed by atoms with E-state index in [0.717, 1.165) is 13.2 Å². The van der Waals surface area contributed by atoms with E-state index < -0.39 is 18.1 Å². The lowest BCUT2D eigenvalue weighted by Gasteiger charge is -2.13. The Morgan fingerprint density at radius 1 is 1.56 bits per heavy atom. The van der Waals surface area contributed by atoms with E-state index in [9.17, 15) is 18.0 Å². The first-order chi connectivity index (χ1) is 8.28. The second-order valence-corrected chi connectivity index (χ2v) is 4.09. The van der Waals surface area contributed by atoms with Gasteiger partial charge >= 0.3 is 12.3 Å². The number of methoxy groups -OCH3 is 1. The number of hydrogen-bond donors (Lipinski definition) is 1. The van der Waals surface area contributed by atoms with Crippen LogP contribution >= 0.6 is 22.6 Å². The predicted molar refractivity (Wildman–Crippen MR) is 62.9 cm³/mol. The number of rotatable bonds is 3.